The number of carbonyl (C=O) groups excluding carboxylic acids is 2. The van der Waals surface area contributed by atoms with Crippen molar-refractivity contribution >= 4 is 40.7 Å². The normalized spacial score (nSPS) is 28.7. The van der Waals surface area contributed by atoms with Gasteiger partial charge in [0, 0.05) is 0 Å². The van der Waals surface area contributed by atoms with E-state index in [0.717, 1.165) is 67.1 Å². The number of ether oxygens (including phenoxy) is 2. The summed E-state index contributed by atoms with van der Waals surface area (Å²) in [5.41, 5.74) is 2.73. The van der Waals surface area contributed by atoms with Crippen LogP contribution in [0.15, 0.2) is 30.3 Å². The fraction of sp³-hybridized carbons (Fsp3) is 0.698. The molecule has 9 unspecified atom stereocenters. The van der Waals surface area contributed by atoms with Crippen molar-refractivity contribution in [1.29, 1.82) is 0 Å². The lowest BCUT2D eigenvalue weighted by Gasteiger charge is -2.61. The first-order valence-electron chi connectivity index (χ1n) is 24.2. The number of hydrogen-bond acceptors (Lipinski definition) is 6. The lowest BCUT2D eigenvalue weighted by Crippen LogP contribution is -2.53. The number of unbranched alkanes of at least 4 members (excludes halogenated alkanes) is 2. The highest BCUT2D eigenvalue weighted by molar-refractivity contribution is 6.33. The molecule has 0 aliphatic heterocycles. The van der Waals surface area contributed by atoms with Crippen LogP contribution in [-0.2, 0) is 9.47 Å². The Morgan fingerprint density at radius 1 is 0.754 bits per heavy atom. The van der Waals surface area contributed by atoms with E-state index in [1.54, 1.807) is 24.3 Å². The number of phenolic OH excluding ortho intramolecular Hbond substituents is 2. The average Bonchev–Trinajstić information content (AvgIpc) is 3.59. The van der Waals surface area contributed by atoms with Crippen LogP contribution in [-0.4, -0.2) is 35.4 Å². The molecular weight excluding hydrogens is 803 g/mol. The zero-order valence-electron chi connectivity index (χ0n) is 38.4. The summed E-state index contributed by atoms with van der Waals surface area (Å²) in [4.78, 5) is 26.4. The first-order chi connectivity index (χ1) is 29.1. The molecule has 0 amide bonds. The lowest BCUT2D eigenvalue weighted by molar-refractivity contribution is -0.121. The third-order valence-electron chi connectivity index (χ3n) is 16.5. The summed E-state index contributed by atoms with van der Waals surface area (Å²) in [5.74, 6) is 4.51. The minimum Gasteiger partial charge on any atom is -0.505 e. The highest BCUT2D eigenvalue weighted by Gasteiger charge is 2.60. The molecule has 6 nitrogen and oxygen atoms in total. The fourth-order valence-electron chi connectivity index (χ4n) is 13.1. The smallest absolute Gasteiger partial charge is 0.341 e. The van der Waals surface area contributed by atoms with Crippen molar-refractivity contribution in [2.75, 3.05) is 13.2 Å². The van der Waals surface area contributed by atoms with Crippen LogP contribution in [0.2, 0.25) is 10.0 Å². The Morgan fingerprint density at radius 3 is 1.90 bits per heavy atom. The number of hydrogen-bond donors (Lipinski definition) is 2. The van der Waals surface area contributed by atoms with Crippen LogP contribution >= 0.6 is 23.2 Å². The highest BCUT2D eigenvalue weighted by Crippen LogP contribution is 2.69. The van der Waals surface area contributed by atoms with E-state index in [2.05, 4.69) is 40.7 Å². The Balaban J connectivity index is 1.20. The third-order valence-corrected chi connectivity index (χ3v) is 17.1. The van der Waals surface area contributed by atoms with Gasteiger partial charge in [0.05, 0.1) is 23.3 Å². The molecule has 338 valence electrons. The van der Waals surface area contributed by atoms with Gasteiger partial charge in [-0.3, -0.25) is 0 Å². The number of halogens is 2. The zero-order valence-corrected chi connectivity index (χ0v) is 39.9. The second-order valence-electron chi connectivity index (χ2n) is 20.7. The molecule has 0 bridgehead atoms. The van der Waals surface area contributed by atoms with Crippen molar-refractivity contribution < 1.29 is 29.3 Å². The first kappa shape index (κ1) is 47.8. The summed E-state index contributed by atoms with van der Waals surface area (Å²) in [6, 6.07) is 6.46. The zero-order chi connectivity index (χ0) is 44.1. The molecule has 4 saturated carbocycles. The van der Waals surface area contributed by atoms with Crippen molar-refractivity contribution in [1.82, 2.24) is 0 Å². The quantitative estimate of drug-likeness (QED) is 0.114. The van der Waals surface area contributed by atoms with E-state index in [1.165, 1.54) is 77.0 Å². The highest BCUT2D eigenvalue weighted by atomic mass is 35.5. The van der Waals surface area contributed by atoms with Gasteiger partial charge in [0.25, 0.3) is 0 Å². The van der Waals surface area contributed by atoms with Crippen LogP contribution < -0.4 is 0 Å². The average molecular weight is 880 g/mol. The molecule has 0 saturated heterocycles. The second-order valence-corrected chi connectivity index (χ2v) is 21.5. The Kier molecular flexibility index (Phi) is 16.3. The maximum atomic E-state index is 13.2. The van der Waals surface area contributed by atoms with Crippen molar-refractivity contribution in [3.8, 4) is 11.5 Å². The van der Waals surface area contributed by atoms with Crippen LogP contribution in [0.4, 0.5) is 0 Å². The Labute approximate surface area is 377 Å². The number of fused-ring (bicyclic) bond motifs is 5. The minimum absolute atomic E-state index is 0.0180. The molecule has 0 heterocycles. The molecule has 61 heavy (non-hydrogen) atoms. The van der Waals surface area contributed by atoms with E-state index in [4.69, 9.17) is 32.7 Å². The van der Waals surface area contributed by atoms with E-state index in [-0.39, 0.29) is 45.9 Å². The molecule has 9 atom stereocenters. The summed E-state index contributed by atoms with van der Waals surface area (Å²) in [6.45, 7) is 17.2. The van der Waals surface area contributed by atoms with Gasteiger partial charge in [0.1, 0.15) is 22.6 Å². The lowest BCUT2D eigenvalue weighted by atomic mass is 9.44. The van der Waals surface area contributed by atoms with Gasteiger partial charge in [-0.25, -0.2) is 9.59 Å². The van der Waals surface area contributed by atoms with Crippen molar-refractivity contribution in [2.24, 2.45) is 58.2 Å². The molecule has 2 N–H and O–H groups in total. The van der Waals surface area contributed by atoms with Gasteiger partial charge >= 0.3 is 11.9 Å². The topological polar surface area (TPSA) is 93.1 Å². The number of phenols is 2. The van der Waals surface area contributed by atoms with E-state index >= 15 is 0 Å². The summed E-state index contributed by atoms with van der Waals surface area (Å²) >= 11 is 13.2. The van der Waals surface area contributed by atoms with Crippen LogP contribution in [0.5, 0.6) is 11.5 Å². The van der Waals surface area contributed by atoms with Crippen LogP contribution in [0.25, 0.3) is 5.57 Å². The summed E-state index contributed by atoms with van der Waals surface area (Å²) in [7, 11) is 0. The Morgan fingerprint density at radius 2 is 1.33 bits per heavy atom. The summed E-state index contributed by atoms with van der Waals surface area (Å²) in [6.07, 6.45) is 23.4. The van der Waals surface area contributed by atoms with Crippen LogP contribution in [0.1, 0.15) is 196 Å². The number of carbonyl (C=O) groups is 2. The summed E-state index contributed by atoms with van der Waals surface area (Å²) in [5, 5.41) is 21.8. The maximum absolute atomic E-state index is 13.2. The maximum Gasteiger partial charge on any atom is 0.341 e. The number of esters is 2. The van der Waals surface area contributed by atoms with E-state index in [1.807, 2.05) is 13.8 Å². The van der Waals surface area contributed by atoms with E-state index < -0.39 is 11.9 Å². The predicted octanol–water partition coefficient (Wildman–Crippen LogP) is 15.3. The number of benzene rings is 2. The van der Waals surface area contributed by atoms with E-state index in [0.29, 0.717) is 46.3 Å². The molecule has 0 aromatic heterocycles. The second kappa shape index (κ2) is 20.9. The van der Waals surface area contributed by atoms with Gasteiger partial charge in [-0.15, -0.1) is 0 Å². The largest absolute Gasteiger partial charge is 0.505 e. The van der Waals surface area contributed by atoms with Gasteiger partial charge in [-0.05, 0) is 183 Å². The van der Waals surface area contributed by atoms with Gasteiger partial charge in [0.2, 0.25) is 0 Å². The number of aromatic hydroxyl groups is 2. The van der Waals surface area contributed by atoms with Crippen molar-refractivity contribution in [3.05, 3.63) is 62.6 Å². The SMILES string of the molecule is CCCCOC(=O)c1cc(C(=CCCC2CCC3(C)C(CCC4C3CCC3(C)C(C(C)CCCC(C)C)CCC43)C2)c2cc(Cl)c(O)c(C(=O)OCCCC)c2)cc(Cl)c1O. The van der Waals surface area contributed by atoms with Gasteiger partial charge < -0.3 is 19.7 Å². The van der Waals surface area contributed by atoms with Crippen molar-refractivity contribution in [2.45, 2.75) is 164 Å². The monoisotopic (exact) mass is 879 g/mol. The summed E-state index contributed by atoms with van der Waals surface area (Å²) < 4.78 is 11.0. The Hall–Kier alpha value is -2.70. The predicted molar refractivity (Wildman–Crippen MR) is 249 cm³/mol. The molecule has 4 aliphatic rings. The fourth-order valence-corrected chi connectivity index (χ4v) is 13.5. The molecule has 2 aromatic carbocycles. The molecule has 2 aromatic rings. The van der Waals surface area contributed by atoms with Crippen LogP contribution in [0, 0.1) is 58.2 Å². The Bertz CT molecular complexity index is 1790. The van der Waals surface area contributed by atoms with Gasteiger partial charge in [0.15, 0.2) is 0 Å². The standard InChI is InChI=1S/C53H76Cl2O6/c1-8-10-26-60-50(58)41-29-36(31-46(54)48(41)56)39(37-30-42(49(57)47(55)32-37)51(59)61-27-11-9-2)17-13-16-35-22-24-52(6)38(28-35)18-19-40-44-21-20-43(34(5)15-12-14-33(3)4)53(44,7)25-23-45(40)52/h17,29-35,38,40,43-45,56-57H,8-16,18-28H2,1-7H3. The first-order valence-corrected chi connectivity index (χ1v) is 25.0. The van der Waals surface area contributed by atoms with Crippen molar-refractivity contribution in [3.63, 3.8) is 0 Å². The number of allylic oxidation sites excluding steroid dienone is 1. The third kappa shape index (κ3) is 10.5. The van der Waals surface area contributed by atoms with Gasteiger partial charge in [-0.1, -0.05) is 110 Å². The van der Waals surface area contributed by atoms with Gasteiger partial charge in [-0.2, -0.15) is 0 Å². The van der Waals surface area contributed by atoms with E-state index in [9.17, 15) is 19.8 Å². The molecule has 4 aliphatic carbocycles. The molecule has 0 spiro atoms. The number of rotatable bonds is 18. The molecule has 4 fully saturated rings. The minimum atomic E-state index is -0.653. The molecular formula is C53H76Cl2O6. The molecule has 8 heteroatoms. The molecule has 6 rings (SSSR count). The van der Waals surface area contributed by atoms with Crippen LogP contribution in [0.3, 0.4) is 0 Å². The molecule has 0 radical (unpaired) electrons.